The molecule has 3 rings (SSSR count). The Morgan fingerprint density at radius 3 is 2.44 bits per heavy atom. The van der Waals surface area contributed by atoms with Crippen molar-refractivity contribution in [2.75, 3.05) is 0 Å². The van der Waals surface area contributed by atoms with Crippen LogP contribution >= 0.6 is 0 Å². The summed E-state index contributed by atoms with van der Waals surface area (Å²) in [6.07, 6.45) is 0. The molecule has 0 fully saturated rings. The van der Waals surface area contributed by atoms with E-state index in [1.54, 1.807) is 18.2 Å². The number of fused-ring (bicyclic) bond motifs is 3. The lowest BCUT2D eigenvalue weighted by Crippen LogP contribution is -1.98. The summed E-state index contributed by atoms with van der Waals surface area (Å²) in [4.78, 5) is 0. The third-order valence-corrected chi connectivity index (χ3v) is 2.63. The van der Waals surface area contributed by atoms with E-state index in [1.165, 1.54) is 0 Å². The highest BCUT2D eigenvalue weighted by atomic mass is 16.3. The van der Waals surface area contributed by atoms with Crippen molar-refractivity contribution in [1.82, 2.24) is 0 Å². The molecular formula is C13H6BNO. The molecule has 1 aromatic heterocycles. The Bertz CT molecular complexity index is 737. The van der Waals surface area contributed by atoms with Gasteiger partial charge in [0, 0.05) is 10.8 Å². The molecule has 0 aliphatic carbocycles. The van der Waals surface area contributed by atoms with Crippen molar-refractivity contribution >= 4 is 35.2 Å². The van der Waals surface area contributed by atoms with Crippen LogP contribution in [0.5, 0.6) is 0 Å². The van der Waals surface area contributed by atoms with Gasteiger partial charge in [-0.25, -0.2) is 0 Å². The van der Waals surface area contributed by atoms with Gasteiger partial charge in [-0.2, -0.15) is 5.26 Å². The van der Waals surface area contributed by atoms with E-state index in [4.69, 9.17) is 17.5 Å². The van der Waals surface area contributed by atoms with Crippen molar-refractivity contribution in [3.05, 3.63) is 42.0 Å². The Kier molecular flexibility index (Phi) is 1.78. The van der Waals surface area contributed by atoms with E-state index in [1.807, 2.05) is 18.2 Å². The Morgan fingerprint density at radius 2 is 1.69 bits per heavy atom. The normalized spacial score (nSPS) is 10.7. The Hall–Kier alpha value is -2.21. The number of nitriles is 1. The van der Waals surface area contributed by atoms with E-state index in [2.05, 4.69) is 6.07 Å². The fourth-order valence-electron chi connectivity index (χ4n) is 1.86. The van der Waals surface area contributed by atoms with Crippen molar-refractivity contribution in [2.45, 2.75) is 0 Å². The average Bonchev–Trinajstić information content (AvgIpc) is 2.64. The molecule has 3 aromatic rings. The van der Waals surface area contributed by atoms with Crippen LogP contribution in [0.15, 0.2) is 40.8 Å². The minimum atomic E-state index is 0.597. The number of hydrogen-bond acceptors (Lipinski definition) is 2. The molecule has 0 saturated carbocycles. The SMILES string of the molecule is [B]c1ccc2c(c1)oc1cc(C#N)ccc12. The van der Waals surface area contributed by atoms with Crippen molar-refractivity contribution in [2.24, 2.45) is 0 Å². The average molecular weight is 203 g/mol. The Labute approximate surface area is 93.5 Å². The summed E-state index contributed by atoms with van der Waals surface area (Å²) < 4.78 is 5.64. The lowest BCUT2D eigenvalue weighted by atomic mass is 9.95. The van der Waals surface area contributed by atoms with E-state index in [9.17, 15) is 0 Å². The van der Waals surface area contributed by atoms with Crippen LogP contribution in [0, 0.1) is 11.3 Å². The second-order valence-corrected chi connectivity index (χ2v) is 3.68. The zero-order valence-corrected chi connectivity index (χ0v) is 8.40. The molecule has 0 amide bonds. The zero-order valence-electron chi connectivity index (χ0n) is 8.40. The first-order valence-electron chi connectivity index (χ1n) is 4.90. The van der Waals surface area contributed by atoms with Gasteiger partial charge < -0.3 is 4.42 Å². The fraction of sp³-hybridized carbons (Fsp3) is 0. The minimum Gasteiger partial charge on any atom is -0.456 e. The standard InChI is InChI=1S/C13H6BNO/c14-9-2-4-11-10-3-1-8(7-15)5-12(10)16-13(11)6-9/h1-6H. The number of furan rings is 1. The largest absolute Gasteiger partial charge is 0.456 e. The maximum Gasteiger partial charge on any atom is 0.136 e. The zero-order chi connectivity index (χ0) is 11.1. The number of nitrogens with zero attached hydrogens (tertiary/aromatic N) is 1. The molecular weight excluding hydrogens is 197 g/mol. The molecule has 0 saturated heterocycles. The van der Waals surface area contributed by atoms with Gasteiger partial charge in [0.05, 0.1) is 11.6 Å². The van der Waals surface area contributed by atoms with Crippen molar-refractivity contribution < 1.29 is 4.42 Å². The van der Waals surface area contributed by atoms with Crippen LogP contribution in [0.2, 0.25) is 0 Å². The van der Waals surface area contributed by atoms with Crippen LogP contribution in [-0.4, -0.2) is 7.85 Å². The monoisotopic (exact) mass is 203 g/mol. The van der Waals surface area contributed by atoms with Gasteiger partial charge in [0.25, 0.3) is 0 Å². The van der Waals surface area contributed by atoms with Crippen molar-refractivity contribution in [3.63, 3.8) is 0 Å². The highest BCUT2D eigenvalue weighted by Gasteiger charge is 2.06. The topological polar surface area (TPSA) is 36.9 Å². The molecule has 2 radical (unpaired) electrons. The van der Waals surface area contributed by atoms with E-state index in [-0.39, 0.29) is 0 Å². The molecule has 3 heteroatoms. The third kappa shape index (κ3) is 1.20. The first kappa shape index (κ1) is 9.05. The fourth-order valence-corrected chi connectivity index (χ4v) is 1.86. The summed E-state index contributed by atoms with van der Waals surface area (Å²) in [6.45, 7) is 0. The van der Waals surface area contributed by atoms with E-state index in [0.717, 1.165) is 21.9 Å². The van der Waals surface area contributed by atoms with Gasteiger partial charge in [0.2, 0.25) is 0 Å². The highest BCUT2D eigenvalue weighted by molar-refractivity contribution is 6.33. The Morgan fingerprint density at radius 1 is 1.00 bits per heavy atom. The van der Waals surface area contributed by atoms with E-state index in [0.29, 0.717) is 11.0 Å². The van der Waals surface area contributed by atoms with Gasteiger partial charge in [0.1, 0.15) is 19.0 Å². The van der Waals surface area contributed by atoms with Gasteiger partial charge in [-0.3, -0.25) is 0 Å². The molecule has 2 aromatic carbocycles. The number of hydrogen-bond donors (Lipinski definition) is 0. The molecule has 1 heterocycles. The van der Waals surface area contributed by atoms with E-state index >= 15 is 0 Å². The van der Waals surface area contributed by atoms with Crippen LogP contribution in [0.3, 0.4) is 0 Å². The maximum atomic E-state index is 8.80. The summed E-state index contributed by atoms with van der Waals surface area (Å²) in [6, 6.07) is 13.1. The molecule has 0 aliphatic rings. The quantitative estimate of drug-likeness (QED) is 0.525. The van der Waals surface area contributed by atoms with Gasteiger partial charge in [-0.1, -0.05) is 17.6 Å². The highest BCUT2D eigenvalue weighted by Crippen LogP contribution is 2.28. The van der Waals surface area contributed by atoms with E-state index < -0.39 is 0 Å². The number of rotatable bonds is 0. The smallest absolute Gasteiger partial charge is 0.136 e. The summed E-state index contributed by atoms with van der Waals surface area (Å²) >= 11 is 0. The molecule has 0 spiro atoms. The summed E-state index contributed by atoms with van der Waals surface area (Å²) in [7, 11) is 5.69. The second-order valence-electron chi connectivity index (χ2n) is 3.68. The molecule has 16 heavy (non-hydrogen) atoms. The van der Waals surface area contributed by atoms with Gasteiger partial charge in [-0.05, 0) is 24.3 Å². The molecule has 0 atom stereocenters. The van der Waals surface area contributed by atoms with Crippen molar-refractivity contribution in [3.8, 4) is 6.07 Å². The molecule has 0 N–H and O–H groups in total. The summed E-state index contributed by atoms with van der Waals surface area (Å²) in [5.74, 6) is 0. The molecule has 0 aliphatic heterocycles. The second kappa shape index (κ2) is 3.14. The first-order chi connectivity index (χ1) is 7.78. The first-order valence-corrected chi connectivity index (χ1v) is 4.90. The van der Waals surface area contributed by atoms with Crippen LogP contribution in [0.25, 0.3) is 21.9 Å². The predicted molar refractivity (Wildman–Crippen MR) is 63.8 cm³/mol. The van der Waals surface area contributed by atoms with Crippen LogP contribution in [0.1, 0.15) is 5.56 Å². The predicted octanol–water partition coefficient (Wildman–Crippen LogP) is 2.25. The van der Waals surface area contributed by atoms with Crippen LogP contribution in [0.4, 0.5) is 0 Å². The van der Waals surface area contributed by atoms with Crippen LogP contribution < -0.4 is 5.46 Å². The van der Waals surface area contributed by atoms with Gasteiger partial charge in [0.15, 0.2) is 0 Å². The molecule has 2 nitrogen and oxygen atoms in total. The summed E-state index contributed by atoms with van der Waals surface area (Å²) in [5.41, 5.74) is 2.75. The lowest BCUT2D eigenvalue weighted by molar-refractivity contribution is 0.669. The summed E-state index contributed by atoms with van der Waals surface area (Å²) in [5, 5.41) is 10.8. The van der Waals surface area contributed by atoms with Crippen molar-refractivity contribution in [1.29, 1.82) is 5.26 Å². The molecule has 72 valence electrons. The molecule has 0 unspecified atom stereocenters. The number of benzene rings is 2. The minimum absolute atomic E-state index is 0.597. The van der Waals surface area contributed by atoms with Crippen LogP contribution in [-0.2, 0) is 0 Å². The third-order valence-electron chi connectivity index (χ3n) is 2.63. The molecule has 0 bridgehead atoms. The lowest BCUT2D eigenvalue weighted by Gasteiger charge is -1.91. The maximum absolute atomic E-state index is 8.80. The Balaban J connectivity index is 2.46. The van der Waals surface area contributed by atoms with Gasteiger partial charge >= 0.3 is 0 Å². The van der Waals surface area contributed by atoms with Gasteiger partial charge in [-0.15, -0.1) is 0 Å².